The van der Waals surface area contributed by atoms with Crippen molar-refractivity contribution in [3.05, 3.63) is 63.6 Å². The number of rotatable bonds is 17. The van der Waals surface area contributed by atoms with Crippen molar-refractivity contribution in [2.45, 2.75) is 96.8 Å². The molecule has 0 atom stereocenters. The van der Waals surface area contributed by atoms with E-state index in [4.69, 9.17) is 23.2 Å². The average molecular weight is 505 g/mol. The lowest BCUT2D eigenvalue weighted by molar-refractivity contribution is -0.116. The molecule has 0 aromatic heterocycles. The fraction of sp³-hybridized carbons (Fsp3) is 0.517. The predicted octanol–water partition coefficient (Wildman–Crippen LogP) is 9.64. The minimum absolute atomic E-state index is 0.144. The maximum Gasteiger partial charge on any atom is 0.224 e. The lowest BCUT2D eigenvalue weighted by atomic mass is 10.0. The summed E-state index contributed by atoms with van der Waals surface area (Å²) in [6, 6.07) is 12.1. The van der Waals surface area contributed by atoms with E-state index in [1.807, 2.05) is 6.07 Å². The van der Waals surface area contributed by atoms with E-state index in [1.54, 1.807) is 36.4 Å². The van der Waals surface area contributed by atoms with E-state index in [-0.39, 0.29) is 16.7 Å². The van der Waals surface area contributed by atoms with Crippen molar-refractivity contribution in [1.29, 1.82) is 0 Å². The fourth-order valence-corrected chi connectivity index (χ4v) is 4.48. The molecule has 2 rings (SSSR count). The number of halogens is 2. The zero-order valence-electron chi connectivity index (χ0n) is 20.5. The number of ketones is 1. The van der Waals surface area contributed by atoms with Gasteiger partial charge in [0.2, 0.25) is 5.91 Å². The number of hydrogen-bond donors (Lipinski definition) is 1. The van der Waals surface area contributed by atoms with Crippen LogP contribution in [-0.4, -0.2) is 11.7 Å². The van der Waals surface area contributed by atoms with E-state index in [0.717, 1.165) is 19.3 Å². The molecule has 0 fully saturated rings. The smallest absolute Gasteiger partial charge is 0.224 e. The first-order valence-electron chi connectivity index (χ1n) is 12.9. The molecule has 2 aromatic rings. The number of hydrogen-bond acceptors (Lipinski definition) is 2. The summed E-state index contributed by atoms with van der Waals surface area (Å²) in [5.41, 5.74) is 1.18. The molecule has 1 N–H and O–H groups in total. The second kappa shape index (κ2) is 16.7. The van der Waals surface area contributed by atoms with Gasteiger partial charge in [0.25, 0.3) is 0 Å². The van der Waals surface area contributed by atoms with Crippen molar-refractivity contribution in [3.8, 4) is 0 Å². The molecule has 186 valence electrons. The van der Waals surface area contributed by atoms with Gasteiger partial charge in [0.1, 0.15) is 0 Å². The van der Waals surface area contributed by atoms with Crippen LogP contribution in [0.3, 0.4) is 0 Å². The average Bonchev–Trinajstić information content (AvgIpc) is 2.85. The second-order valence-corrected chi connectivity index (χ2v) is 9.81. The third-order valence-electron chi connectivity index (χ3n) is 6.15. The van der Waals surface area contributed by atoms with Crippen LogP contribution in [0.2, 0.25) is 10.0 Å². The van der Waals surface area contributed by atoms with Crippen LogP contribution in [0.25, 0.3) is 0 Å². The molecule has 0 radical (unpaired) electrons. The Kier molecular flexibility index (Phi) is 14.0. The monoisotopic (exact) mass is 503 g/mol. The number of carbonyl (C=O) groups is 2. The van der Waals surface area contributed by atoms with Gasteiger partial charge in [-0.1, -0.05) is 138 Å². The number of anilines is 1. The molecule has 0 aliphatic rings. The molecule has 0 aliphatic carbocycles. The SMILES string of the molecule is CCCCCCCCCCCCCCCC(=O)Nc1c(C(=O)c2ccccc2)ccc(Cl)c1Cl. The van der Waals surface area contributed by atoms with Gasteiger partial charge in [-0.3, -0.25) is 9.59 Å². The molecule has 5 heteroatoms. The van der Waals surface area contributed by atoms with E-state index < -0.39 is 0 Å². The largest absolute Gasteiger partial charge is 0.324 e. The predicted molar refractivity (Wildman–Crippen MR) is 145 cm³/mol. The molecule has 0 bridgehead atoms. The molecule has 1 amide bonds. The van der Waals surface area contributed by atoms with Crippen molar-refractivity contribution in [2.75, 3.05) is 5.32 Å². The van der Waals surface area contributed by atoms with E-state index in [0.29, 0.717) is 28.3 Å². The molecule has 0 aliphatic heterocycles. The summed E-state index contributed by atoms with van der Waals surface area (Å²) in [7, 11) is 0. The Morgan fingerprint density at radius 1 is 0.706 bits per heavy atom. The van der Waals surface area contributed by atoms with Gasteiger partial charge in [-0.05, 0) is 18.6 Å². The quantitative estimate of drug-likeness (QED) is 0.172. The molecule has 0 saturated carbocycles. The summed E-state index contributed by atoms with van der Waals surface area (Å²) in [6.45, 7) is 2.26. The Balaban J connectivity index is 1.69. The van der Waals surface area contributed by atoms with Gasteiger partial charge in [0.05, 0.1) is 15.7 Å². The summed E-state index contributed by atoms with van der Waals surface area (Å²) in [5, 5.41) is 3.34. The van der Waals surface area contributed by atoms with Crippen LogP contribution in [0.15, 0.2) is 42.5 Å². The Hall–Kier alpha value is -1.84. The zero-order chi connectivity index (χ0) is 24.6. The third kappa shape index (κ3) is 10.2. The van der Waals surface area contributed by atoms with E-state index in [9.17, 15) is 9.59 Å². The lowest BCUT2D eigenvalue weighted by Gasteiger charge is -2.13. The number of amides is 1. The van der Waals surface area contributed by atoms with Crippen LogP contribution in [0.4, 0.5) is 5.69 Å². The van der Waals surface area contributed by atoms with Gasteiger partial charge in [-0.25, -0.2) is 0 Å². The molecular formula is C29H39Cl2NO2. The Bertz CT molecular complexity index is 883. The lowest BCUT2D eigenvalue weighted by Crippen LogP contribution is -2.15. The van der Waals surface area contributed by atoms with Crippen LogP contribution in [0, 0.1) is 0 Å². The van der Waals surface area contributed by atoms with Gasteiger partial charge in [0, 0.05) is 17.5 Å². The van der Waals surface area contributed by atoms with E-state index >= 15 is 0 Å². The normalized spacial score (nSPS) is 10.9. The van der Waals surface area contributed by atoms with Gasteiger partial charge < -0.3 is 5.32 Å². The van der Waals surface area contributed by atoms with Crippen LogP contribution in [0.1, 0.15) is 113 Å². The minimum atomic E-state index is -0.199. The Morgan fingerprint density at radius 2 is 1.24 bits per heavy atom. The molecule has 34 heavy (non-hydrogen) atoms. The van der Waals surface area contributed by atoms with E-state index in [1.165, 1.54) is 64.2 Å². The first-order valence-corrected chi connectivity index (χ1v) is 13.7. The standard InChI is InChI=1S/C29H39Cl2NO2/c1-2-3-4-5-6-7-8-9-10-11-12-13-17-20-26(33)32-28-24(21-22-25(30)27(28)31)29(34)23-18-15-14-16-19-23/h14-16,18-19,21-22H,2-13,17,20H2,1H3,(H,32,33). The number of unbranched alkanes of at least 4 members (excludes halogenated alkanes) is 12. The summed E-state index contributed by atoms with van der Waals surface area (Å²) in [6.07, 6.45) is 16.8. The highest BCUT2D eigenvalue weighted by Crippen LogP contribution is 2.34. The molecule has 3 nitrogen and oxygen atoms in total. The van der Waals surface area contributed by atoms with Crippen molar-refractivity contribution in [3.63, 3.8) is 0 Å². The molecule has 0 unspecified atom stereocenters. The highest BCUT2D eigenvalue weighted by atomic mass is 35.5. The highest BCUT2D eigenvalue weighted by Gasteiger charge is 2.19. The highest BCUT2D eigenvalue weighted by molar-refractivity contribution is 6.44. The molecule has 0 heterocycles. The maximum atomic E-state index is 12.9. The summed E-state index contributed by atoms with van der Waals surface area (Å²) >= 11 is 12.5. The summed E-state index contributed by atoms with van der Waals surface area (Å²) in [5.74, 6) is -0.343. The van der Waals surface area contributed by atoms with Crippen molar-refractivity contribution >= 4 is 40.6 Å². The van der Waals surface area contributed by atoms with Gasteiger partial charge in [0.15, 0.2) is 5.78 Å². The number of nitrogens with one attached hydrogen (secondary N) is 1. The van der Waals surface area contributed by atoms with Crippen molar-refractivity contribution in [2.24, 2.45) is 0 Å². The second-order valence-electron chi connectivity index (χ2n) is 9.02. The topological polar surface area (TPSA) is 46.2 Å². The van der Waals surface area contributed by atoms with Crippen LogP contribution in [0.5, 0.6) is 0 Å². The van der Waals surface area contributed by atoms with Crippen molar-refractivity contribution < 1.29 is 9.59 Å². The minimum Gasteiger partial charge on any atom is -0.324 e. The van der Waals surface area contributed by atoms with Crippen LogP contribution >= 0.6 is 23.2 Å². The maximum absolute atomic E-state index is 12.9. The van der Waals surface area contributed by atoms with Crippen molar-refractivity contribution in [1.82, 2.24) is 0 Å². The van der Waals surface area contributed by atoms with Gasteiger partial charge in [-0.2, -0.15) is 0 Å². The fourth-order valence-electron chi connectivity index (χ4n) is 4.11. The van der Waals surface area contributed by atoms with Crippen LogP contribution in [-0.2, 0) is 4.79 Å². The van der Waals surface area contributed by atoms with E-state index in [2.05, 4.69) is 12.2 Å². The molecule has 0 spiro atoms. The summed E-state index contributed by atoms with van der Waals surface area (Å²) in [4.78, 5) is 25.5. The molecular weight excluding hydrogens is 465 g/mol. The Labute approximate surface area is 215 Å². The third-order valence-corrected chi connectivity index (χ3v) is 6.95. The Morgan fingerprint density at radius 3 is 1.79 bits per heavy atom. The first-order chi connectivity index (χ1) is 16.5. The van der Waals surface area contributed by atoms with Gasteiger partial charge >= 0.3 is 0 Å². The summed E-state index contributed by atoms with van der Waals surface area (Å²) < 4.78 is 0. The molecule has 0 saturated heterocycles. The zero-order valence-corrected chi connectivity index (χ0v) is 22.0. The molecule has 2 aromatic carbocycles. The number of benzene rings is 2. The van der Waals surface area contributed by atoms with Gasteiger partial charge in [-0.15, -0.1) is 0 Å². The number of carbonyl (C=O) groups excluding carboxylic acids is 2. The first kappa shape index (κ1) is 28.4. The van der Waals surface area contributed by atoms with Crippen LogP contribution < -0.4 is 5.32 Å².